The SMILES string of the molecule is CC.CCCCCCCCCCCCCCCOC1C(O)C(Cn2cc(P(=O)(OCOC(=O)C(C)(C)C)OCOC(=O)C(C)(C)C)nn2)OC1n1ccc(=O)[nH]c1=O. The highest BCUT2D eigenvalue weighted by atomic mass is 31.2. The van der Waals surface area contributed by atoms with Crippen molar-refractivity contribution in [3.05, 3.63) is 39.3 Å². The first-order chi connectivity index (χ1) is 27.5. The standard InChI is InChI=1S/C38H64N5O12P.C2H6/c1-8-9-10-11-12-13-14-15-16-17-18-19-20-23-50-32-31(45)28(55-33(32)43-22-21-29(44)39-36(43)48)24-42-25-30(40-41-42)56(49,53-26-51-34(46)37(2,3)4)54-27-52-35(47)38(5,6)7;1-2/h21-22,25,28,31-33,45H,8-20,23-24,26-27H2,1-7H3,(H,39,44,48);1-2H3. The minimum Gasteiger partial charge on any atom is -0.438 e. The quantitative estimate of drug-likeness (QED) is 0.0471. The molecular weight excluding hydrogens is 773 g/mol. The van der Waals surface area contributed by atoms with E-state index in [9.17, 15) is 28.8 Å². The third-order valence-electron chi connectivity index (χ3n) is 9.22. The van der Waals surface area contributed by atoms with E-state index in [0.29, 0.717) is 6.61 Å². The number of unbranched alkanes of at least 4 members (excludes halogenated alkanes) is 12. The molecular formula is C40H70N5O12P. The summed E-state index contributed by atoms with van der Waals surface area (Å²) in [7, 11) is -4.41. The Morgan fingerprint density at radius 1 is 0.845 bits per heavy atom. The first-order valence-electron chi connectivity index (χ1n) is 20.9. The molecule has 3 heterocycles. The molecule has 1 saturated heterocycles. The molecule has 4 unspecified atom stereocenters. The number of nitrogens with zero attached hydrogens (tertiary/aromatic N) is 4. The number of hydrogen-bond acceptors (Lipinski definition) is 14. The minimum absolute atomic E-state index is 0.139. The second-order valence-electron chi connectivity index (χ2n) is 16.3. The monoisotopic (exact) mass is 843 g/mol. The maximum absolute atomic E-state index is 13.9. The average Bonchev–Trinajstić information content (AvgIpc) is 3.76. The molecule has 2 aromatic heterocycles. The van der Waals surface area contributed by atoms with Crippen LogP contribution in [0.25, 0.3) is 0 Å². The maximum Gasteiger partial charge on any atom is 0.388 e. The molecule has 0 bridgehead atoms. The lowest BCUT2D eigenvalue weighted by atomic mass is 9.98. The van der Waals surface area contributed by atoms with Gasteiger partial charge in [-0.3, -0.25) is 37.5 Å². The van der Waals surface area contributed by atoms with Gasteiger partial charge < -0.3 is 24.1 Å². The number of rotatable bonds is 25. The van der Waals surface area contributed by atoms with E-state index in [-0.39, 0.29) is 12.0 Å². The summed E-state index contributed by atoms with van der Waals surface area (Å²) in [5, 5.41) is 19.4. The highest BCUT2D eigenvalue weighted by Crippen LogP contribution is 2.46. The van der Waals surface area contributed by atoms with E-state index >= 15 is 0 Å². The zero-order valence-electron chi connectivity index (χ0n) is 36.2. The smallest absolute Gasteiger partial charge is 0.388 e. The topological polar surface area (TPSA) is 212 Å². The summed E-state index contributed by atoms with van der Waals surface area (Å²) in [5.74, 6) is -1.25. The van der Waals surface area contributed by atoms with Crippen molar-refractivity contribution in [2.75, 3.05) is 20.2 Å². The molecule has 18 heteroatoms. The van der Waals surface area contributed by atoms with Gasteiger partial charge in [-0.05, 0) is 48.0 Å². The van der Waals surface area contributed by atoms with E-state index in [2.05, 4.69) is 22.2 Å². The molecule has 1 fully saturated rings. The fourth-order valence-electron chi connectivity index (χ4n) is 5.83. The van der Waals surface area contributed by atoms with E-state index < -0.39 is 79.7 Å². The Bertz CT molecular complexity index is 1630. The highest BCUT2D eigenvalue weighted by molar-refractivity contribution is 7.61. The Morgan fingerprint density at radius 3 is 1.83 bits per heavy atom. The van der Waals surface area contributed by atoms with Crippen LogP contribution in [0.2, 0.25) is 0 Å². The number of ether oxygens (including phenoxy) is 4. The van der Waals surface area contributed by atoms with Gasteiger partial charge >= 0.3 is 25.2 Å². The lowest BCUT2D eigenvalue weighted by molar-refractivity contribution is -0.161. The van der Waals surface area contributed by atoms with Gasteiger partial charge in [0.15, 0.2) is 11.7 Å². The van der Waals surface area contributed by atoms with E-state index in [1.807, 2.05) is 13.8 Å². The summed E-state index contributed by atoms with van der Waals surface area (Å²) in [4.78, 5) is 51.4. The number of esters is 2. The Balaban J connectivity index is 0.00000571. The van der Waals surface area contributed by atoms with Crippen molar-refractivity contribution in [1.29, 1.82) is 0 Å². The van der Waals surface area contributed by atoms with Crippen LogP contribution in [0.4, 0.5) is 0 Å². The van der Waals surface area contributed by atoms with Crippen LogP contribution < -0.4 is 16.7 Å². The van der Waals surface area contributed by atoms with Crippen molar-refractivity contribution >= 4 is 25.0 Å². The second kappa shape index (κ2) is 25.4. The number of aliphatic hydroxyl groups excluding tert-OH is 1. The van der Waals surface area contributed by atoms with E-state index in [1.165, 1.54) is 80.9 Å². The van der Waals surface area contributed by atoms with Crippen LogP contribution >= 0.6 is 7.60 Å². The van der Waals surface area contributed by atoms with Gasteiger partial charge in [-0.15, -0.1) is 5.10 Å². The number of carbonyl (C=O) groups excluding carboxylic acids is 2. The average molecular weight is 844 g/mol. The summed E-state index contributed by atoms with van der Waals surface area (Å²) in [6.45, 7) is 14.7. The molecule has 1 aliphatic rings. The van der Waals surface area contributed by atoms with E-state index in [4.69, 9.17) is 28.0 Å². The van der Waals surface area contributed by atoms with E-state index in [1.54, 1.807) is 41.5 Å². The molecule has 0 aromatic carbocycles. The highest BCUT2D eigenvalue weighted by Gasteiger charge is 2.46. The van der Waals surface area contributed by atoms with Crippen molar-refractivity contribution in [1.82, 2.24) is 24.5 Å². The van der Waals surface area contributed by atoms with Crippen molar-refractivity contribution in [2.24, 2.45) is 10.8 Å². The van der Waals surface area contributed by atoms with Gasteiger partial charge in [-0.25, -0.2) is 9.48 Å². The summed E-state index contributed by atoms with van der Waals surface area (Å²) in [6.07, 6.45) is 13.7. The van der Waals surface area contributed by atoms with Crippen molar-refractivity contribution in [3.63, 3.8) is 0 Å². The molecule has 2 N–H and O–H groups in total. The van der Waals surface area contributed by atoms with Gasteiger partial charge in [0, 0.05) is 18.9 Å². The molecule has 0 amide bonds. The Kier molecular flexibility index (Phi) is 22.3. The molecule has 332 valence electrons. The molecule has 58 heavy (non-hydrogen) atoms. The number of H-pyrrole nitrogens is 1. The molecule has 0 saturated carbocycles. The molecule has 0 aliphatic carbocycles. The van der Waals surface area contributed by atoms with Crippen molar-refractivity contribution in [3.8, 4) is 0 Å². The summed E-state index contributed by atoms with van der Waals surface area (Å²) in [6, 6.07) is 1.17. The van der Waals surface area contributed by atoms with Crippen LogP contribution in [-0.2, 0) is 48.7 Å². The third kappa shape index (κ3) is 17.2. The Hall–Kier alpha value is -3.21. The third-order valence-corrected chi connectivity index (χ3v) is 10.9. The predicted molar refractivity (Wildman–Crippen MR) is 218 cm³/mol. The zero-order valence-corrected chi connectivity index (χ0v) is 37.1. The lowest BCUT2D eigenvalue weighted by Crippen LogP contribution is -2.39. The molecule has 2 aromatic rings. The largest absolute Gasteiger partial charge is 0.438 e. The first-order valence-corrected chi connectivity index (χ1v) is 22.4. The van der Waals surface area contributed by atoms with Crippen LogP contribution in [0, 0.1) is 10.8 Å². The van der Waals surface area contributed by atoms with Crippen LogP contribution in [-0.4, -0.2) is 80.1 Å². The Labute approximate surface area is 343 Å². The predicted octanol–water partition coefficient (Wildman–Crippen LogP) is 6.53. The van der Waals surface area contributed by atoms with Gasteiger partial charge in [0.25, 0.3) is 5.56 Å². The number of aliphatic hydroxyl groups is 1. The van der Waals surface area contributed by atoms with Gasteiger partial charge in [0.2, 0.25) is 13.6 Å². The molecule has 4 atom stereocenters. The molecule has 17 nitrogen and oxygen atoms in total. The molecule has 0 radical (unpaired) electrons. The normalized spacial score (nSPS) is 18.4. The zero-order chi connectivity index (χ0) is 43.4. The first kappa shape index (κ1) is 50.9. The van der Waals surface area contributed by atoms with Gasteiger partial charge in [-0.1, -0.05) is 103 Å². The minimum atomic E-state index is -4.41. The van der Waals surface area contributed by atoms with Crippen LogP contribution in [0.15, 0.2) is 28.0 Å². The number of carbonyl (C=O) groups is 2. The fourth-order valence-corrected chi connectivity index (χ4v) is 6.97. The molecule has 3 rings (SSSR count). The van der Waals surface area contributed by atoms with Gasteiger partial charge in [0.05, 0.1) is 23.6 Å². The second-order valence-corrected chi connectivity index (χ2v) is 18.3. The number of aromatic nitrogens is 5. The summed E-state index contributed by atoms with van der Waals surface area (Å²) >= 11 is 0. The maximum atomic E-state index is 13.9. The Morgan fingerprint density at radius 2 is 1.34 bits per heavy atom. The summed E-state index contributed by atoms with van der Waals surface area (Å²) in [5.41, 5.74) is -3.35. The van der Waals surface area contributed by atoms with Crippen molar-refractivity contribution < 1.29 is 47.3 Å². The van der Waals surface area contributed by atoms with Crippen LogP contribution in [0.1, 0.15) is 152 Å². The lowest BCUT2D eigenvalue weighted by Gasteiger charge is -2.22. The van der Waals surface area contributed by atoms with Gasteiger partial charge in [0.1, 0.15) is 18.3 Å². The fraction of sp³-hybridized carbons (Fsp3) is 0.800. The molecule has 0 spiro atoms. The van der Waals surface area contributed by atoms with E-state index in [0.717, 1.165) is 30.3 Å². The van der Waals surface area contributed by atoms with Crippen LogP contribution in [0.3, 0.4) is 0 Å². The van der Waals surface area contributed by atoms with Crippen molar-refractivity contribution in [2.45, 2.75) is 177 Å². The molecule has 1 aliphatic heterocycles. The summed E-state index contributed by atoms with van der Waals surface area (Å²) < 4.78 is 49.6. The number of aromatic amines is 1. The van der Waals surface area contributed by atoms with Gasteiger partial charge in [-0.2, -0.15) is 0 Å². The van der Waals surface area contributed by atoms with Crippen LogP contribution in [0.5, 0.6) is 0 Å². The number of nitrogens with one attached hydrogen (secondary N) is 1. The number of hydrogen-bond donors (Lipinski definition) is 2.